The maximum Gasteiger partial charge on any atom is 0.177 e. The first-order valence-corrected chi connectivity index (χ1v) is 5.76. The number of nitrogens with zero attached hydrogens (tertiary/aromatic N) is 2. The summed E-state index contributed by atoms with van der Waals surface area (Å²) >= 11 is 0. The molecule has 1 saturated carbocycles. The Labute approximate surface area is 98.2 Å². The van der Waals surface area contributed by atoms with Gasteiger partial charge in [0.05, 0.1) is 23.2 Å². The Morgan fingerprint density at radius 1 is 1.41 bits per heavy atom. The van der Waals surface area contributed by atoms with E-state index in [-0.39, 0.29) is 11.6 Å². The van der Waals surface area contributed by atoms with Crippen LogP contribution < -0.4 is 0 Å². The van der Waals surface area contributed by atoms with Gasteiger partial charge in [-0.3, -0.25) is 9.59 Å². The molecule has 2 aromatic heterocycles. The van der Waals surface area contributed by atoms with Crippen LogP contribution in [-0.2, 0) is 4.79 Å². The van der Waals surface area contributed by atoms with Gasteiger partial charge in [-0.15, -0.1) is 0 Å². The lowest BCUT2D eigenvalue weighted by Crippen LogP contribution is -2.18. The van der Waals surface area contributed by atoms with Crippen molar-refractivity contribution >= 4 is 17.1 Å². The molecule has 2 heterocycles. The number of carbonyl (C=O) groups excluding carboxylic acids is 2. The molecule has 1 unspecified atom stereocenters. The molecule has 2 aromatic rings. The molecule has 1 atom stereocenters. The second-order valence-electron chi connectivity index (χ2n) is 4.36. The monoisotopic (exact) mass is 228 g/mol. The lowest BCUT2D eigenvalue weighted by Gasteiger charge is -2.04. The largest absolute Gasteiger partial charge is 0.299 e. The number of rotatable bonds is 2. The Morgan fingerprint density at radius 2 is 2.29 bits per heavy atom. The van der Waals surface area contributed by atoms with Gasteiger partial charge in [0.1, 0.15) is 5.78 Å². The van der Waals surface area contributed by atoms with Crippen LogP contribution in [0.1, 0.15) is 29.6 Å². The third kappa shape index (κ3) is 1.56. The number of fused-ring (bicyclic) bond motifs is 1. The van der Waals surface area contributed by atoms with Crippen molar-refractivity contribution in [3.8, 4) is 0 Å². The number of hydrogen-bond acceptors (Lipinski definition) is 3. The summed E-state index contributed by atoms with van der Waals surface area (Å²) < 4.78 is 1.66. The third-order valence-corrected chi connectivity index (χ3v) is 3.31. The first-order valence-electron chi connectivity index (χ1n) is 5.76. The van der Waals surface area contributed by atoms with Crippen molar-refractivity contribution < 1.29 is 9.59 Å². The third-order valence-electron chi connectivity index (χ3n) is 3.31. The maximum absolute atomic E-state index is 12.3. The Balaban J connectivity index is 2.04. The molecule has 0 radical (unpaired) electrons. The Kier molecular flexibility index (Phi) is 2.28. The van der Waals surface area contributed by atoms with Gasteiger partial charge >= 0.3 is 0 Å². The standard InChI is InChI=1S/C13H12N2O2/c16-12-6-3-4-9(12)13(17)10-8-14-15-7-2-1-5-11(10)15/h1-2,5,7-9H,3-4,6H2. The molecule has 0 saturated heterocycles. The van der Waals surface area contributed by atoms with Crippen molar-refractivity contribution in [3.05, 3.63) is 36.2 Å². The highest BCUT2D eigenvalue weighted by Gasteiger charge is 2.32. The normalized spacial score (nSPS) is 20.0. The molecule has 1 aliphatic rings. The Morgan fingerprint density at radius 3 is 3.06 bits per heavy atom. The lowest BCUT2D eigenvalue weighted by molar-refractivity contribution is -0.119. The molecular weight excluding hydrogens is 216 g/mol. The minimum absolute atomic E-state index is 0.0743. The van der Waals surface area contributed by atoms with Crippen molar-refractivity contribution in [2.45, 2.75) is 19.3 Å². The quantitative estimate of drug-likeness (QED) is 0.582. The average Bonchev–Trinajstić information content (AvgIpc) is 2.94. The summed E-state index contributed by atoms with van der Waals surface area (Å²) in [4.78, 5) is 23.9. The molecule has 1 fully saturated rings. The van der Waals surface area contributed by atoms with Gasteiger partial charge in [0, 0.05) is 12.6 Å². The van der Waals surface area contributed by atoms with Crippen molar-refractivity contribution in [1.29, 1.82) is 0 Å². The van der Waals surface area contributed by atoms with Gasteiger partial charge in [0.15, 0.2) is 5.78 Å². The zero-order valence-corrected chi connectivity index (χ0v) is 9.30. The first kappa shape index (κ1) is 10.2. The minimum Gasteiger partial charge on any atom is -0.299 e. The summed E-state index contributed by atoms with van der Waals surface area (Å²) in [5.74, 6) is -0.442. The lowest BCUT2D eigenvalue weighted by atomic mass is 9.96. The molecule has 1 aliphatic carbocycles. The highest BCUT2D eigenvalue weighted by atomic mass is 16.2. The van der Waals surface area contributed by atoms with Gasteiger partial charge in [-0.1, -0.05) is 6.07 Å². The van der Waals surface area contributed by atoms with E-state index in [1.165, 1.54) is 0 Å². The molecule has 0 bridgehead atoms. The van der Waals surface area contributed by atoms with Crippen LogP contribution in [0.5, 0.6) is 0 Å². The molecule has 17 heavy (non-hydrogen) atoms. The van der Waals surface area contributed by atoms with E-state index < -0.39 is 5.92 Å². The van der Waals surface area contributed by atoms with E-state index in [9.17, 15) is 9.59 Å². The molecule has 0 aromatic carbocycles. The van der Waals surface area contributed by atoms with Crippen molar-refractivity contribution in [1.82, 2.24) is 9.61 Å². The summed E-state index contributed by atoms with van der Waals surface area (Å²) in [7, 11) is 0. The number of hydrogen-bond donors (Lipinski definition) is 0. The van der Waals surface area contributed by atoms with Crippen LogP contribution in [0.25, 0.3) is 5.52 Å². The van der Waals surface area contributed by atoms with Gasteiger partial charge in [0.25, 0.3) is 0 Å². The fourth-order valence-corrected chi connectivity index (χ4v) is 2.41. The van der Waals surface area contributed by atoms with Crippen molar-refractivity contribution in [3.63, 3.8) is 0 Å². The molecule has 0 spiro atoms. The zero-order chi connectivity index (χ0) is 11.8. The van der Waals surface area contributed by atoms with Crippen LogP contribution in [0.15, 0.2) is 30.6 Å². The van der Waals surface area contributed by atoms with E-state index in [1.807, 2.05) is 18.2 Å². The summed E-state index contributed by atoms with van der Waals surface area (Å²) in [5, 5.41) is 4.12. The number of carbonyl (C=O) groups is 2. The van der Waals surface area contributed by atoms with E-state index in [4.69, 9.17) is 0 Å². The van der Waals surface area contributed by atoms with Crippen LogP contribution in [0.3, 0.4) is 0 Å². The fraction of sp³-hybridized carbons (Fsp3) is 0.308. The SMILES string of the molecule is O=C1CCCC1C(=O)c1cnn2ccccc12. The molecule has 4 heteroatoms. The van der Waals surface area contributed by atoms with E-state index in [0.29, 0.717) is 18.4 Å². The smallest absolute Gasteiger partial charge is 0.177 e. The van der Waals surface area contributed by atoms with E-state index in [0.717, 1.165) is 11.9 Å². The number of aromatic nitrogens is 2. The van der Waals surface area contributed by atoms with E-state index in [2.05, 4.69) is 5.10 Å². The molecule has 0 aliphatic heterocycles. The van der Waals surface area contributed by atoms with Crippen LogP contribution in [0.4, 0.5) is 0 Å². The van der Waals surface area contributed by atoms with Crippen LogP contribution >= 0.6 is 0 Å². The first-order chi connectivity index (χ1) is 8.27. The van der Waals surface area contributed by atoms with Gasteiger partial charge in [-0.25, -0.2) is 4.52 Å². The van der Waals surface area contributed by atoms with Gasteiger partial charge in [-0.2, -0.15) is 5.10 Å². The molecule has 0 N–H and O–H groups in total. The van der Waals surface area contributed by atoms with Crippen LogP contribution in [0, 0.1) is 5.92 Å². The van der Waals surface area contributed by atoms with Gasteiger partial charge in [-0.05, 0) is 25.0 Å². The topological polar surface area (TPSA) is 51.4 Å². The molecule has 86 valence electrons. The average molecular weight is 228 g/mol. The highest BCUT2D eigenvalue weighted by molar-refractivity contribution is 6.14. The maximum atomic E-state index is 12.3. The summed E-state index contributed by atoms with van der Waals surface area (Å²) in [5.41, 5.74) is 1.34. The van der Waals surface area contributed by atoms with Crippen LogP contribution in [-0.4, -0.2) is 21.2 Å². The van der Waals surface area contributed by atoms with Crippen molar-refractivity contribution in [2.24, 2.45) is 5.92 Å². The fourth-order valence-electron chi connectivity index (χ4n) is 2.41. The molecule has 0 amide bonds. The second-order valence-corrected chi connectivity index (χ2v) is 4.36. The van der Waals surface area contributed by atoms with E-state index in [1.54, 1.807) is 16.9 Å². The number of Topliss-reactive ketones (excluding diaryl/α,β-unsaturated/α-hetero) is 2. The Hall–Kier alpha value is -1.97. The predicted molar refractivity (Wildman–Crippen MR) is 61.9 cm³/mol. The number of ketones is 2. The molecule has 4 nitrogen and oxygen atoms in total. The number of pyridine rings is 1. The molecular formula is C13H12N2O2. The van der Waals surface area contributed by atoms with Crippen molar-refractivity contribution in [2.75, 3.05) is 0 Å². The van der Waals surface area contributed by atoms with Crippen LogP contribution in [0.2, 0.25) is 0 Å². The van der Waals surface area contributed by atoms with Gasteiger partial charge < -0.3 is 0 Å². The zero-order valence-electron chi connectivity index (χ0n) is 9.30. The second kappa shape index (κ2) is 3.80. The van der Waals surface area contributed by atoms with Gasteiger partial charge in [0.2, 0.25) is 0 Å². The predicted octanol–water partition coefficient (Wildman–Crippen LogP) is 1.89. The van der Waals surface area contributed by atoms with E-state index >= 15 is 0 Å². The minimum atomic E-state index is -0.441. The highest BCUT2D eigenvalue weighted by Crippen LogP contribution is 2.26. The summed E-state index contributed by atoms with van der Waals surface area (Å²) in [6.07, 6.45) is 5.40. The summed E-state index contributed by atoms with van der Waals surface area (Å²) in [6.45, 7) is 0. The summed E-state index contributed by atoms with van der Waals surface area (Å²) in [6, 6.07) is 5.57. The Bertz CT molecular complexity index is 600. The molecule has 3 rings (SSSR count).